The van der Waals surface area contributed by atoms with Crippen LogP contribution in [0.5, 0.6) is 0 Å². The van der Waals surface area contributed by atoms with Gasteiger partial charge in [0.1, 0.15) is 0 Å². The van der Waals surface area contributed by atoms with E-state index in [0.717, 1.165) is 22.3 Å². The van der Waals surface area contributed by atoms with Crippen molar-refractivity contribution in [3.8, 4) is 0 Å². The zero-order chi connectivity index (χ0) is 13.9. The smallest absolute Gasteiger partial charge is 0.0815 e. The van der Waals surface area contributed by atoms with Crippen LogP contribution in [0.15, 0.2) is 4.47 Å². The number of aromatic nitrogens is 2. The van der Waals surface area contributed by atoms with Gasteiger partial charge in [-0.3, -0.25) is 4.68 Å². The van der Waals surface area contributed by atoms with Gasteiger partial charge in [0.05, 0.1) is 21.5 Å². The lowest BCUT2D eigenvalue weighted by atomic mass is 9.94. The van der Waals surface area contributed by atoms with Crippen molar-refractivity contribution in [3.05, 3.63) is 15.9 Å². The summed E-state index contributed by atoms with van der Waals surface area (Å²) >= 11 is 3.60. The summed E-state index contributed by atoms with van der Waals surface area (Å²) in [5.41, 5.74) is 1.56. The van der Waals surface area contributed by atoms with E-state index in [4.69, 9.17) is 4.74 Å². The van der Waals surface area contributed by atoms with E-state index in [-0.39, 0.29) is 0 Å². The zero-order valence-corrected chi connectivity index (χ0v) is 13.2. The molecular weight excluding hydrogens is 310 g/mol. The molecule has 0 aromatic carbocycles. The van der Waals surface area contributed by atoms with E-state index in [1.54, 1.807) is 0 Å². The van der Waals surface area contributed by atoms with E-state index < -0.39 is 5.60 Å². The number of aliphatic hydroxyl groups is 1. The Hall–Kier alpha value is -0.430. The molecule has 0 bridgehead atoms. The van der Waals surface area contributed by atoms with Crippen LogP contribution in [0, 0.1) is 0 Å². The molecule has 5 nitrogen and oxygen atoms in total. The third-order valence-electron chi connectivity index (χ3n) is 3.67. The lowest BCUT2D eigenvalue weighted by Gasteiger charge is -2.32. The number of hydrogen-bond acceptors (Lipinski definition) is 4. The average molecular weight is 332 g/mol. The Kier molecular flexibility index (Phi) is 5.00. The van der Waals surface area contributed by atoms with E-state index in [0.29, 0.717) is 39.1 Å². The summed E-state index contributed by atoms with van der Waals surface area (Å²) in [6, 6.07) is 0. The first kappa shape index (κ1) is 15.0. The van der Waals surface area contributed by atoms with Crippen molar-refractivity contribution in [1.29, 1.82) is 0 Å². The molecule has 2 N–H and O–H groups in total. The summed E-state index contributed by atoms with van der Waals surface area (Å²) < 4.78 is 8.24. The lowest BCUT2D eigenvalue weighted by Crippen LogP contribution is -2.44. The molecule has 0 radical (unpaired) electrons. The fourth-order valence-corrected chi connectivity index (χ4v) is 3.11. The minimum absolute atomic E-state index is 0.593. The van der Waals surface area contributed by atoms with Crippen LogP contribution >= 0.6 is 15.9 Å². The number of aryl methyl sites for hydroxylation is 2. The minimum atomic E-state index is -0.628. The summed E-state index contributed by atoms with van der Waals surface area (Å²) in [6.07, 6.45) is 2.31. The van der Waals surface area contributed by atoms with Crippen molar-refractivity contribution in [2.75, 3.05) is 19.8 Å². The Morgan fingerprint density at radius 3 is 2.74 bits per heavy atom. The van der Waals surface area contributed by atoms with Crippen molar-refractivity contribution in [2.45, 2.75) is 38.3 Å². The van der Waals surface area contributed by atoms with Crippen LogP contribution in [0.2, 0.25) is 0 Å². The fourth-order valence-electron chi connectivity index (χ4n) is 2.35. The maximum Gasteiger partial charge on any atom is 0.0815 e. The molecule has 0 saturated carbocycles. The van der Waals surface area contributed by atoms with Gasteiger partial charge in [-0.25, -0.2) is 0 Å². The molecule has 1 aromatic heterocycles. The van der Waals surface area contributed by atoms with E-state index >= 15 is 0 Å². The molecule has 0 amide bonds. The van der Waals surface area contributed by atoms with Crippen LogP contribution in [0.1, 0.15) is 31.2 Å². The molecule has 0 atom stereocenters. The standard InChI is InChI=1S/C13H22BrN3O2/c1-3-10-12(14)11(17(2)16-10)8-15-9-13(18)4-6-19-7-5-13/h15,18H,3-9H2,1-2H3. The molecule has 0 unspecified atom stereocenters. The molecule has 2 heterocycles. The Labute approximate surface area is 122 Å². The van der Waals surface area contributed by atoms with Crippen LogP contribution in [-0.4, -0.2) is 40.2 Å². The van der Waals surface area contributed by atoms with Gasteiger partial charge in [0.25, 0.3) is 0 Å². The molecule has 1 aliphatic heterocycles. The highest BCUT2D eigenvalue weighted by molar-refractivity contribution is 9.10. The summed E-state index contributed by atoms with van der Waals surface area (Å²) in [5, 5.41) is 18.2. The Balaban J connectivity index is 1.90. The number of nitrogens with zero attached hydrogens (tertiary/aromatic N) is 2. The molecule has 0 aliphatic carbocycles. The summed E-state index contributed by atoms with van der Waals surface area (Å²) in [4.78, 5) is 0. The topological polar surface area (TPSA) is 59.3 Å². The van der Waals surface area contributed by atoms with Crippen LogP contribution in [0.4, 0.5) is 0 Å². The van der Waals surface area contributed by atoms with Gasteiger partial charge < -0.3 is 15.2 Å². The van der Waals surface area contributed by atoms with Crippen LogP contribution in [-0.2, 0) is 24.8 Å². The highest BCUT2D eigenvalue weighted by Gasteiger charge is 2.29. The fraction of sp³-hybridized carbons (Fsp3) is 0.769. The van der Waals surface area contributed by atoms with Crippen molar-refractivity contribution in [1.82, 2.24) is 15.1 Å². The molecule has 1 fully saturated rings. The first-order valence-electron chi connectivity index (χ1n) is 6.77. The van der Waals surface area contributed by atoms with Crippen molar-refractivity contribution < 1.29 is 9.84 Å². The number of ether oxygens (including phenoxy) is 1. The Bertz CT molecular complexity index is 428. The monoisotopic (exact) mass is 331 g/mol. The van der Waals surface area contributed by atoms with Gasteiger partial charge in [-0.2, -0.15) is 5.10 Å². The van der Waals surface area contributed by atoms with Crippen LogP contribution in [0.25, 0.3) is 0 Å². The van der Waals surface area contributed by atoms with Crippen molar-refractivity contribution >= 4 is 15.9 Å². The minimum Gasteiger partial charge on any atom is -0.388 e. The Morgan fingerprint density at radius 2 is 2.16 bits per heavy atom. The van der Waals surface area contributed by atoms with Gasteiger partial charge in [-0.1, -0.05) is 6.92 Å². The van der Waals surface area contributed by atoms with Gasteiger partial charge in [0.15, 0.2) is 0 Å². The number of nitrogens with one attached hydrogen (secondary N) is 1. The van der Waals surface area contributed by atoms with Gasteiger partial charge >= 0.3 is 0 Å². The third-order valence-corrected chi connectivity index (χ3v) is 4.59. The van der Waals surface area contributed by atoms with E-state index in [1.807, 2.05) is 11.7 Å². The maximum atomic E-state index is 10.4. The number of halogens is 1. The predicted molar refractivity (Wildman–Crippen MR) is 77.0 cm³/mol. The zero-order valence-electron chi connectivity index (χ0n) is 11.6. The molecule has 108 valence electrons. The number of rotatable bonds is 5. The second kappa shape index (κ2) is 6.35. The lowest BCUT2D eigenvalue weighted by molar-refractivity contribution is -0.0617. The highest BCUT2D eigenvalue weighted by atomic mass is 79.9. The van der Waals surface area contributed by atoms with Gasteiger partial charge in [0.2, 0.25) is 0 Å². The average Bonchev–Trinajstić information content (AvgIpc) is 2.66. The van der Waals surface area contributed by atoms with E-state index in [1.165, 1.54) is 0 Å². The van der Waals surface area contributed by atoms with Crippen molar-refractivity contribution in [2.24, 2.45) is 7.05 Å². The third kappa shape index (κ3) is 3.56. The molecule has 2 rings (SSSR count). The Morgan fingerprint density at radius 1 is 1.47 bits per heavy atom. The molecule has 0 spiro atoms. The summed E-state index contributed by atoms with van der Waals surface area (Å²) in [5.74, 6) is 0. The second-order valence-electron chi connectivity index (χ2n) is 5.12. The number of hydrogen-bond donors (Lipinski definition) is 2. The molecular formula is C13H22BrN3O2. The van der Waals surface area contributed by atoms with Gasteiger partial charge in [-0.15, -0.1) is 0 Å². The SMILES string of the molecule is CCc1nn(C)c(CNCC2(O)CCOCC2)c1Br. The van der Waals surface area contributed by atoms with E-state index in [9.17, 15) is 5.11 Å². The maximum absolute atomic E-state index is 10.4. The van der Waals surface area contributed by atoms with Gasteiger partial charge in [0, 0.05) is 46.2 Å². The van der Waals surface area contributed by atoms with Crippen LogP contribution in [0.3, 0.4) is 0 Å². The predicted octanol–water partition coefficient (Wildman–Crippen LogP) is 1.38. The normalized spacial score (nSPS) is 18.7. The summed E-state index contributed by atoms with van der Waals surface area (Å²) in [6.45, 7) is 4.68. The largest absolute Gasteiger partial charge is 0.388 e. The molecule has 1 aromatic rings. The first-order chi connectivity index (χ1) is 9.06. The second-order valence-corrected chi connectivity index (χ2v) is 5.92. The van der Waals surface area contributed by atoms with Gasteiger partial charge in [-0.05, 0) is 22.4 Å². The molecule has 6 heteroatoms. The first-order valence-corrected chi connectivity index (χ1v) is 7.56. The summed E-state index contributed by atoms with van der Waals surface area (Å²) in [7, 11) is 1.95. The van der Waals surface area contributed by atoms with E-state index in [2.05, 4.69) is 33.3 Å². The quantitative estimate of drug-likeness (QED) is 0.855. The van der Waals surface area contributed by atoms with Crippen LogP contribution < -0.4 is 5.32 Å². The van der Waals surface area contributed by atoms with Crippen molar-refractivity contribution in [3.63, 3.8) is 0 Å². The highest BCUT2D eigenvalue weighted by Crippen LogP contribution is 2.22. The molecule has 1 aliphatic rings. The molecule has 19 heavy (non-hydrogen) atoms. The molecule has 1 saturated heterocycles.